The molecule has 0 aliphatic carbocycles. The maximum Gasteiger partial charge on any atom is 0.246 e. The number of halogens is 1. The van der Waals surface area contributed by atoms with E-state index in [4.69, 9.17) is 11.6 Å². The predicted molar refractivity (Wildman–Crippen MR) is 110 cm³/mol. The Balaban J connectivity index is 1.51. The molecule has 0 spiro atoms. The van der Waals surface area contributed by atoms with Crippen molar-refractivity contribution in [3.05, 3.63) is 70.8 Å². The van der Waals surface area contributed by atoms with E-state index in [2.05, 4.69) is 5.32 Å². The number of carbonyl (C=O) groups is 2. The summed E-state index contributed by atoms with van der Waals surface area (Å²) in [5, 5.41) is 3.64. The molecule has 5 heteroatoms. The van der Waals surface area contributed by atoms with E-state index in [1.54, 1.807) is 17.0 Å². The molecule has 0 unspecified atom stereocenters. The van der Waals surface area contributed by atoms with Gasteiger partial charge in [0.25, 0.3) is 0 Å². The van der Waals surface area contributed by atoms with Crippen molar-refractivity contribution < 1.29 is 9.59 Å². The van der Waals surface area contributed by atoms with E-state index in [1.807, 2.05) is 55.5 Å². The van der Waals surface area contributed by atoms with Gasteiger partial charge in [0.2, 0.25) is 11.8 Å². The third kappa shape index (κ3) is 5.20. The Bertz CT molecular complexity index is 841. The molecule has 1 aliphatic heterocycles. The summed E-state index contributed by atoms with van der Waals surface area (Å²) >= 11 is 5.96. The van der Waals surface area contributed by atoms with Gasteiger partial charge in [-0.05, 0) is 55.2 Å². The van der Waals surface area contributed by atoms with Crippen molar-refractivity contribution in [3.63, 3.8) is 0 Å². The highest BCUT2D eigenvalue weighted by Gasteiger charge is 2.26. The third-order valence-electron chi connectivity index (χ3n) is 4.84. The largest absolute Gasteiger partial charge is 0.339 e. The number of nitrogens with zero attached hydrogens (tertiary/aromatic N) is 1. The minimum absolute atomic E-state index is 0.00680. The van der Waals surface area contributed by atoms with Gasteiger partial charge in [-0.2, -0.15) is 0 Å². The number of anilines is 1. The highest BCUT2D eigenvalue weighted by Crippen LogP contribution is 2.23. The molecule has 2 aromatic rings. The third-order valence-corrected chi connectivity index (χ3v) is 5.08. The van der Waals surface area contributed by atoms with E-state index in [1.165, 1.54) is 0 Å². The lowest BCUT2D eigenvalue weighted by atomic mass is 9.95. The molecule has 1 aliphatic rings. The molecule has 140 valence electrons. The van der Waals surface area contributed by atoms with Crippen LogP contribution in [0, 0.1) is 12.8 Å². The van der Waals surface area contributed by atoms with Crippen molar-refractivity contribution in [1.29, 1.82) is 0 Å². The smallest absolute Gasteiger partial charge is 0.246 e. The van der Waals surface area contributed by atoms with Gasteiger partial charge in [-0.1, -0.05) is 41.9 Å². The minimum atomic E-state index is -0.0813. The van der Waals surface area contributed by atoms with Gasteiger partial charge in [-0.25, -0.2) is 0 Å². The van der Waals surface area contributed by atoms with Gasteiger partial charge in [0, 0.05) is 35.8 Å². The number of likely N-dealkylation sites (tertiary alicyclic amines) is 1. The van der Waals surface area contributed by atoms with Crippen molar-refractivity contribution in [2.75, 3.05) is 18.4 Å². The maximum atomic E-state index is 12.5. The van der Waals surface area contributed by atoms with E-state index in [0.717, 1.165) is 16.8 Å². The highest BCUT2D eigenvalue weighted by molar-refractivity contribution is 6.30. The Kier molecular flexibility index (Phi) is 6.30. The van der Waals surface area contributed by atoms with Gasteiger partial charge in [-0.15, -0.1) is 0 Å². The molecule has 1 saturated heterocycles. The number of carbonyl (C=O) groups excluding carboxylic acids is 2. The second-order valence-corrected chi connectivity index (χ2v) is 7.23. The molecule has 3 rings (SSSR count). The van der Waals surface area contributed by atoms with E-state index in [-0.39, 0.29) is 17.7 Å². The molecule has 0 bridgehead atoms. The second-order valence-electron chi connectivity index (χ2n) is 6.79. The average Bonchev–Trinajstić information content (AvgIpc) is 2.69. The summed E-state index contributed by atoms with van der Waals surface area (Å²) in [6.07, 6.45) is 4.77. The standard InChI is InChI=1S/C22H23ClN2O2/c1-16-15-19(23)8-9-20(16)24-22(27)18-11-13-25(14-12-18)21(26)10-7-17-5-3-2-4-6-17/h2-10,15,18H,11-14H2,1H3,(H,24,27). The topological polar surface area (TPSA) is 49.4 Å². The molecule has 0 atom stereocenters. The van der Waals surface area contributed by atoms with Crippen LogP contribution in [0.3, 0.4) is 0 Å². The lowest BCUT2D eigenvalue weighted by Crippen LogP contribution is -2.40. The molecule has 0 saturated carbocycles. The van der Waals surface area contributed by atoms with Crippen molar-refractivity contribution in [2.45, 2.75) is 19.8 Å². The fraction of sp³-hybridized carbons (Fsp3) is 0.273. The van der Waals surface area contributed by atoms with E-state index in [0.29, 0.717) is 31.0 Å². The Hall–Kier alpha value is -2.59. The summed E-state index contributed by atoms with van der Waals surface area (Å²) in [7, 11) is 0. The molecule has 2 aromatic carbocycles. The van der Waals surface area contributed by atoms with Crippen molar-refractivity contribution in [3.8, 4) is 0 Å². The van der Waals surface area contributed by atoms with Crippen LogP contribution in [0.2, 0.25) is 5.02 Å². The normalized spacial score (nSPS) is 15.1. The first-order valence-electron chi connectivity index (χ1n) is 9.12. The SMILES string of the molecule is Cc1cc(Cl)ccc1NC(=O)C1CCN(C(=O)C=Cc2ccccc2)CC1. The summed E-state index contributed by atoms with van der Waals surface area (Å²) in [6, 6.07) is 15.2. The number of nitrogens with one attached hydrogen (secondary N) is 1. The second kappa shape index (κ2) is 8.87. The van der Waals surface area contributed by atoms with E-state index in [9.17, 15) is 9.59 Å². The fourth-order valence-corrected chi connectivity index (χ4v) is 3.43. The number of rotatable bonds is 4. The Morgan fingerprint density at radius 2 is 1.81 bits per heavy atom. The first-order valence-corrected chi connectivity index (χ1v) is 9.50. The van der Waals surface area contributed by atoms with Gasteiger partial charge in [-0.3, -0.25) is 9.59 Å². The lowest BCUT2D eigenvalue weighted by Gasteiger charge is -2.30. The molecule has 1 heterocycles. The van der Waals surface area contributed by atoms with Crippen LogP contribution in [0.15, 0.2) is 54.6 Å². The number of amides is 2. The van der Waals surface area contributed by atoms with Crippen molar-refractivity contribution >= 4 is 35.2 Å². The zero-order valence-electron chi connectivity index (χ0n) is 15.3. The average molecular weight is 383 g/mol. The summed E-state index contributed by atoms with van der Waals surface area (Å²) in [6.45, 7) is 3.10. The lowest BCUT2D eigenvalue weighted by molar-refractivity contribution is -0.130. The van der Waals surface area contributed by atoms with E-state index >= 15 is 0 Å². The molecule has 2 amide bonds. The van der Waals surface area contributed by atoms with Gasteiger partial charge in [0.15, 0.2) is 0 Å². The molecule has 0 radical (unpaired) electrons. The summed E-state index contributed by atoms with van der Waals surface area (Å²) in [5.41, 5.74) is 2.72. The predicted octanol–water partition coefficient (Wildman–Crippen LogP) is 4.54. The summed E-state index contributed by atoms with van der Waals surface area (Å²) < 4.78 is 0. The number of hydrogen-bond donors (Lipinski definition) is 1. The monoisotopic (exact) mass is 382 g/mol. The molecule has 1 fully saturated rings. The molecule has 0 aromatic heterocycles. The van der Waals surface area contributed by atoms with Crippen LogP contribution in [-0.2, 0) is 9.59 Å². The maximum absolute atomic E-state index is 12.5. The zero-order chi connectivity index (χ0) is 19.2. The van der Waals surface area contributed by atoms with E-state index < -0.39 is 0 Å². The molecular weight excluding hydrogens is 360 g/mol. The molecule has 4 nitrogen and oxygen atoms in total. The van der Waals surface area contributed by atoms with Crippen molar-refractivity contribution in [1.82, 2.24) is 4.90 Å². The summed E-state index contributed by atoms with van der Waals surface area (Å²) in [4.78, 5) is 26.7. The first-order chi connectivity index (χ1) is 13.0. The zero-order valence-corrected chi connectivity index (χ0v) is 16.1. The molecular formula is C22H23ClN2O2. The van der Waals surface area contributed by atoms with Gasteiger partial charge < -0.3 is 10.2 Å². The summed E-state index contributed by atoms with van der Waals surface area (Å²) in [5.74, 6) is -0.0826. The van der Waals surface area contributed by atoms with Crippen LogP contribution < -0.4 is 5.32 Å². The first kappa shape index (κ1) is 19.2. The molecule has 27 heavy (non-hydrogen) atoms. The highest BCUT2D eigenvalue weighted by atomic mass is 35.5. The van der Waals surface area contributed by atoms with Gasteiger partial charge in [0.1, 0.15) is 0 Å². The van der Waals surface area contributed by atoms with Crippen LogP contribution >= 0.6 is 11.6 Å². The Morgan fingerprint density at radius 3 is 2.48 bits per heavy atom. The van der Waals surface area contributed by atoms with Crippen LogP contribution in [-0.4, -0.2) is 29.8 Å². The van der Waals surface area contributed by atoms with Crippen LogP contribution in [0.25, 0.3) is 6.08 Å². The quantitative estimate of drug-likeness (QED) is 0.789. The van der Waals surface area contributed by atoms with Crippen LogP contribution in [0.1, 0.15) is 24.0 Å². The van der Waals surface area contributed by atoms with Crippen molar-refractivity contribution in [2.24, 2.45) is 5.92 Å². The van der Waals surface area contributed by atoms with Gasteiger partial charge >= 0.3 is 0 Å². The minimum Gasteiger partial charge on any atom is -0.339 e. The number of aryl methyl sites for hydroxylation is 1. The number of piperidine rings is 1. The number of benzene rings is 2. The Labute approximate surface area is 164 Å². The molecule has 1 N–H and O–H groups in total. The van der Waals surface area contributed by atoms with Crippen LogP contribution in [0.4, 0.5) is 5.69 Å². The fourth-order valence-electron chi connectivity index (χ4n) is 3.20. The van der Waals surface area contributed by atoms with Gasteiger partial charge in [0.05, 0.1) is 0 Å². The van der Waals surface area contributed by atoms with Crippen LogP contribution in [0.5, 0.6) is 0 Å². The number of hydrogen-bond acceptors (Lipinski definition) is 2. The Morgan fingerprint density at radius 1 is 1.11 bits per heavy atom.